The van der Waals surface area contributed by atoms with Gasteiger partial charge in [-0.05, 0) is 45.7 Å². The van der Waals surface area contributed by atoms with Crippen LogP contribution >= 0.6 is 0 Å². The van der Waals surface area contributed by atoms with Crippen molar-refractivity contribution in [3.8, 4) is 0 Å². The van der Waals surface area contributed by atoms with E-state index in [1.807, 2.05) is 0 Å². The Kier molecular flexibility index (Phi) is 10.2. The summed E-state index contributed by atoms with van der Waals surface area (Å²) in [5.41, 5.74) is 5.39. The van der Waals surface area contributed by atoms with Gasteiger partial charge in [0.05, 0.1) is 6.04 Å². The molecule has 0 saturated heterocycles. The molecular formula is C15H30N4O4. The first-order valence-electron chi connectivity index (χ1n) is 7.95. The molecule has 8 heteroatoms. The van der Waals surface area contributed by atoms with Gasteiger partial charge in [-0.2, -0.15) is 0 Å². The lowest BCUT2D eigenvalue weighted by molar-refractivity contribution is -0.142. The monoisotopic (exact) mass is 330 g/mol. The van der Waals surface area contributed by atoms with Crippen molar-refractivity contribution in [3.63, 3.8) is 0 Å². The van der Waals surface area contributed by atoms with Gasteiger partial charge in [-0.15, -0.1) is 0 Å². The van der Waals surface area contributed by atoms with E-state index in [2.05, 4.69) is 16.0 Å². The van der Waals surface area contributed by atoms with Gasteiger partial charge in [0, 0.05) is 0 Å². The smallest absolute Gasteiger partial charge is 0.326 e. The number of hydrogen-bond donors (Lipinski definition) is 5. The highest BCUT2D eigenvalue weighted by Crippen LogP contribution is 2.06. The Bertz CT molecular complexity index is 401. The maximum absolute atomic E-state index is 12.3. The number of carbonyl (C=O) groups excluding carboxylic acids is 2. The molecule has 0 aliphatic carbocycles. The average molecular weight is 330 g/mol. The minimum absolute atomic E-state index is 0.165. The van der Waals surface area contributed by atoms with Crippen LogP contribution < -0.4 is 21.7 Å². The van der Waals surface area contributed by atoms with Gasteiger partial charge in [0.25, 0.3) is 0 Å². The predicted molar refractivity (Wildman–Crippen MR) is 87.8 cm³/mol. The third-order valence-electron chi connectivity index (χ3n) is 3.63. The topological polar surface area (TPSA) is 134 Å². The Labute approximate surface area is 137 Å². The van der Waals surface area contributed by atoms with Gasteiger partial charge in [-0.25, -0.2) is 4.79 Å². The van der Waals surface area contributed by atoms with Crippen molar-refractivity contribution in [1.82, 2.24) is 16.0 Å². The van der Waals surface area contributed by atoms with E-state index in [1.165, 1.54) is 0 Å². The van der Waals surface area contributed by atoms with Crippen molar-refractivity contribution in [2.45, 2.75) is 58.2 Å². The van der Waals surface area contributed by atoms with Crippen molar-refractivity contribution in [2.75, 3.05) is 13.6 Å². The number of nitrogens with one attached hydrogen (secondary N) is 3. The summed E-state index contributed by atoms with van der Waals surface area (Å²) in [6, 6.07) is -2.20. The van der Waals surface area contributed by atoms with Crippen molar-refractivity contribution in [1.29, 1.82) is 0 Å². The number of likely N-dealkylation sites (N-methyl/N-ethyl adjacent to an activating group) is 1. The number of amides is 2. The fraction of sp³-hybridized carbons (Fsp3) is 0.800. The molecule has 0 saturated carbocycles. The van der Waals surface area contributed by atoms with E-state index >= 15 is 0 Å². The number of hydrogen-bond acceptors (Lipinski definition) is 5. The maximum Gasteiger partial charge on any atom is 0.326 e. The molecule has 0 fully saturated rings. The fourth-order valence-corrected chi connectivity index (χ4v) is 1.96. The quantitative estimate of drug-likeness (QED) is 0.322. The molecule has 0 aromatic carbocycles. The predicted octanol–water partition coefficient (Wildman–Crippen LogP) is -0.566. The van der Waals surface area contributed by atoms with Gasteiger partial charge in [0.2, 0.25) is 11.8 Å². The fourth-order valence-electron chi connectivity index (χ4n) is 1.96. The molecule has 2 amide bonds. The van der Waals surface area contributed by atoms with E-state index in [4.69, 9.17) is 5.73 Å². The van der Waals surface area contributed by atoms with Crippen LogP contribution in [-0.2, 0) is 14.4 Å². The van der Waals surface area contributed by atoms with Gasteiger partial charge >= 0.3 is 5.97 Å². The molecule has 0 aromatic rings. The number of nitrogens with two attached hydrogens (primary N) is 1. The highest BCUT2D eigenvalue weighted by Gasteiger charge is 2.29. The van der Waals surface area contributed by atoms with Crippen LogP contribution in [-0.4, -0.2) is 54.6 Å². The summed E-state index contributed by atoms with van der Waals surface area (Å²) in [6.07, 6.45) is 1.62. The summed E-state index contributed by atoms with van der Waals surface area (Å²) in [5.74, 6) is -2.05. The first kappa shape index (κ1) is 21.3. The molecule has 0 spiro atoms. The molecule has 6 N–H and O–H groups in total. The van der Waals surface area contributed by atoms with Gasteiger partial charge in [-0.1, -0.05) is 13.8 Å². The van der Waals surface area contributed by atoms with Gasteiger partial charge in [0.15, 0.2) is 0 Å². The van der Waals surface area contributed by atoms with Crippen LogP contribution in [0.5, 0.6) is 0 Å². The van der Waals surface area contributed by atoms with Crippen molar-refractivity contribution >= 4 is 17.8 Å². The molecular weight excluding hydrogens is 300 g/mol. The van der Waals surface area contributed by atoms with Crippen molar-refractivity contribution in [3.05, 3.63) is 0 Å². The Morgan fingerprint density at radius 1 is 1.04 bits per heavy atom. The summed E-state index contributed by atoms with van der Waals surface area (Å²) in [7, 11) is 1.65. The van der Waals surface area contributed by atoms with Gasteiger partial charge in [-0.3, -0.25) is 9.59 Å². The molecule has 0 rings (SSSR count). The van der Waals surface area contributed by atoms with E-state index < -0.39 is 30.0 Å². The number of rotatable bonds is 11. The first-order valence-corrected chi connectivity index (χ1v) is 7.95. The molecule has 134 valence electrons. The molecule has 23 heavy (non-hydrogen) atoms. The highest BCUT2D eigenvalue weighted by atomic mass is 16.4. The van der Waals surface area contributed by atoms with Crippen LogP contribution in [0.15, 0.2) is 0 Å². The molecule has 0 heterocycles. The van der Waals surface area contributed by atoms with Crippen LogP contribution in [0, 0.1) is 5.92 Å². The van der Waals surface area contributed by atoms with E-state index in [0.717, 1.165) is 0 Å². The third kappa shape index (κ3) is 7.94. The van der Waals surface area contributed by atoms with Crippen LogP contribution in [0.3, 0.4) is 0 Å². The Balaban J connectivity index is 4.81. The average Bonchev–Trinajstić information content (AvgIpc) is 2.49. The normalized spacial score (nSPS) is 14.9. The maximum atomic E-state index is 12.3. The number of unbranched alkanes of at least 4 members (excludes halogenated alkanes) is 1. The second kappa shape index (κ2) is 11.0. The Morgan fingerprint density at radius 3 is 2.09 bits per heavy atom. The number of aliphatic carboxylic acids is 1. The van der Waals surface area contributed by atoms with E-state index in [9.17, 15) is 19.5 Å². The molecule has 0 radical (unpaired) electrons. The summed E-state index contributed by atoms with van der Waals surface area (Å²) in [5, 5.41) is 17.2. The van der Waals surface area contributed by atoms with Gasteiger partial charge in [0.1, 0.15) is 12.1 Å². The second-order valence-corrected chi connectivity index (χ2v) is 5.92. The lowest BCUT2D eigenvalue weighted by atomic mass is 10.0. The van der Waals surface area contributed by atoms with E-state index in [1.54, 1.807) is 27.8 Å². The largest absolute Gasteiger partial charge is 0.480 e. The standard InChI is InChI=1S/C15H30N4O4/c1-9(2)12(19-13(20)10(3)17-4)14(21)18-11(15(22)23)7-5-6-8-16/h9-12,17H,5-8,16H2,1-4H3,(H,18,21)(H,19,20)(H,22,23). The summed E-state index contributed by atoms with van der Waals surface area (Å²) >= 11 is 0. The third-order valence-corrected chi connectivity index (χ3v) is 3.63. The molecule has 3 unspecified atom stereocenters. The minimum atomic E-state index is -1.09. The second-order valence-electron chi connectivity index (χ2n) is 5.92. The zero-order chi connectivity index (χ0) is 18.0. The lowest BCUT2D eigenvalue weighted by Gasteiger charge is -2.25. The van der Waals surface area contributed by atoms with Crippen LogP contribution in [0.2, 0.25) is 0 Å². The van der Waals surface area contributed by atoms with E-state index in [-0.39, 0.29) is 11.8 Å². The molecule has 0 aliphatic rings. The number of carboxylic acid groups (broad SMARTS) is 1. The lowest BCUT2D eigenvalue weighted by Crippen LogP contribution is -2.56. The van der Waals surface area contributed by atoms with Crippen LogP contribution in [0.4, 0.5) is 0 Å². The zero-order valence-electron chi connectivity index (χ0n) is 14.4. The van der Waals surface area contributed by atoms with Crippen LogP contribution in [0.25, 0.3) is 0 Å². The summed E-state index contributed by atoms with van der Waals surface area (Å²) in [6.45, 7) is 5.74. The summed E-state index contributed by atoms with van der Waals surface area (Å²) < 4.78 is 0. The number of carbonyl (C=O) groups is 3. The molecule has 0 bridgehead atoms. The Morgan fingerprint density at radius 2 is 1.65 bits per heavy atom. The van der Waals surface area contributed by atoms with Crippen molar-refractivity contribution < 1.29 is 19.5 Å². The summed E-state index contributed by atoms with van der Waals surface area (Å²) in [4.78, 5) is 35.5. The van der Waals surface area contributed by atoms with Gasteiger partial charge < -0.3 is 26.8 Å². The van der Waals surface area contributed by atoms with Crippen LogP contribution in [0.1, 0.15) is 40.0 Å². The zero-order valence-corrected chi connectivity index (χ0v) is 14.4. The Hall–Kier alpha value is -1.67. The molecule has 8 nitrogen and oxygen atoms in total. The molecule has 3 atom stereocenters. The molecule has 0 aliphatic heterocycles. The highest BCUT2D eigenvalue weighted by molar-refractivity contribution is 5.91. The molecule has 0 aromatic heterocycles. The minimum Gasteiger partial charge on any atom is -0.480 e. The van der Waals surface area contributed by atoms with Crippen molar-refractivity contribution in [2.24, 2.45) is 11.7 Å². The SMILES string of the molecule is CNC(C)C(=O)NC(C(=O)NC(CCCCN)C(=O)O)C(C)C. The first-order chi connectivity index (χ1) is 10.7. The number of carboxylic acids is 1. The van der Waals surface area contributed by atoms with E-state index in [0.29, 0.717) is 25.8 Å².